The van der Waals surface area contributed by atoms with Crippen molar-refractivity contribution in [2.75, 3.05) is 6.54 Å². The second kappa shape index (κ2) is 12.9. The Morgan fingerprint density at radius 2 is 1.23 bits per heavy atom. The van der Waals surface area contributed by atoms with Crippen molar-refractivity contribution in [2.24, 2.45) is 0 Å². The van der Waals surface area contributed by atoms with Gasteiger partial charge in [-0.15, -0.1) is 0 Å². The molecule has 0 radical (unpaired) electrons. The summed E-state index contributed by atoms with van der Waals surface area (Å²) in [6.45, 7) is -0.711. The number of aliphatic hydroxyl groups is 1. The summed E-state index contributed by atoms with van der Waals surface area (Å²) in [5.74, 6) is -0.919. The van der Waals surface area contributed by atoms with Crippen LogP contribution in [-0.4, -0.2) is 11.7 Å². The number of alkyl halides is 9. The monoisotopic (exact) mass is 631 g/mol. The molecule has 0 fully saturated rings. The van der Waals surface area contributed by atoms with Crippen molar-refractivity contribution in [2.45, 2.75) is 37.3 Å². The molecule has 2 unspecified atom stereocenters. The van der Waals surface area contributed by atoms with Crippen LogP contribution in [0.4, 0.5) is 43.9 Å². The van der Waals surface area contributed by atoms with Gasteiger partial charge in [0.25, 0.3) is 0 Å². The Morgan fingerprint density at radius 3 is 1.86 bits per heavy atom. The number of benzene rings is 4. The van der Waals surface area contributed by atoms with Crippen LogP contribution in [0, 0.1) is 5.82 Å². The van der Waals surface area contributed by atoms with Crippen molar-refractivity contribution < 1.29 is 53.7 Å². The molecule has 234 valence electrons. The zero-order valence-electron chi connectivity index (χ0n) is 22.4. The average Bonchev–Trinajstić information content (AvgIpc) is 2.96. The molecule has 0 saturated heterocycles. The van der Waals surface area contributed by atoms with Crippen LogP contribution in [0.25, 0.3) is 0 Å². The van der Waals surface area contributed by atoms with Crippen LogP contribution in [0.15, 0.2) is 91.0 Å². The molecule has 44 heavy (non-hydrogen) atoms. The van der Waals surface area contributed by atoms with Crippen molar-refractivity contribution in [1.82, 2.24) is 5.32 Å². The van der Waals surface area contributed by atoms with E-state index in [1.54, 1.807) is 0 Å². The van der Waals surface area contributed by atoms with E-state index in [1.165, 1.54) is 36.4 Å². The molecule has 4 aromatic rings. The number of ether oxygens (including phenoxy) is 1. The molecule has 0 spiro atoms. The van der Waals surface area contributed by atoms with Gasteiger partial charge >= 0.3 is 18.5 Å². The maximum atomic E-state index is 15.0. The van der Waals surface area contributed by atoms with Gasteiger partial charge in [0, 0.05) is 12.1 Å². The fourth-order valence-corrected chi connectivity index (χ4v) is 4.38. The first-order valence-corrected chi connectivity index (χ1v) is 12.9. The van der Waals surface area contributed by atoms with Gasteiger partial charge in [-0.05, 0) is 71.3 Å². The lowest BCUT2D eigenvalue weighted by molar-refractivity contribution is -0.138. The minimum Gasteiger partial charge on any atom is -0.489 e. The van der Waals surface area contributed by atoms with Gasteiger partial charge in [0.05, 0.1) is 28.8 Å². The lowest BCUT2D eigenvalue weighted by Crippen LogP contribution is -2.28. The van der Waals surface area contributed by atoms with Gasteiger partial charge < -0.3 is 15.2 Å². The lowest BCUT2D eigenvalue weighted by Gasteiger charge is -2.24. The zero-order chi connectivity index (χ0) is 32.3. The molecular formula is C31H23F10NO2. The van der Waals surface area contributed by atoms with Crippen LogP contribution in [0.5, 0.6) is 5.75 Å². The molecule has 0 bridgehead atoms. The molecule has 13 heteroatoms. The highest BCUT2D eigenvalue weighted by Gasteiger charge is 2.33. The van der Waals surface area contributed by atoms with Crippen LogP contribution in [0.1, 0.15) is 51.1 Å². The number of halogens is 10. The van der Waals surface area contributed by atoms with Gasteiger partial charge in [-0.2, -0.15) is 39.5 Å². The van der Waals surface area contributed by atoms with E-state index in [0.29, 0.717) is 18.2 Å². The van der Waals surface area contributed by atoms with Crippen LogP contribution in [-0.2, 0) is 25.1 Å². The summed E-state index contributed by atoms with van der Waals surface area (Å²) in [4.78, 5) is 0. The largest absolute Gasteiger partial charge is 0.489 e. The molecule has 3 nitrogen and oxygen atoms in total. The van der Waals surface area contributed by atoms with Crippen LogP contribution >= 0.6 is 0 Å². The molecule has 0 aliphatic heterocycles. The minimum absolute atomic E-state index is 0.0620. The number of rotatable bonds is 9. The number of aliphatic hydroxyl groups excluding tert-OH is 1. The highest BCUT2D eigenvalue weighted by Crippen LogP contribution is 2.35. The maximum Gasteiger partial charge on any atom is 0.416 e. The fourth-order valence-electron chi connectivity index (χ4n) is 4.38. The summed E-state index contributed by atoms with van der Waals surface area (Å²) in [5.41, 5.74) is -3.02. The first-order valence-electron chi connectivity index (χ1n) is 12.9. The second-order valence-corrected chi connectivity index (χ2v) is 9.77. The molecule has 0 heterocycles. The van der Waals surface area contributed by atoms with Crippen LogP contribution in [0.2, 0.25) is 0 Å². The predicted molar refractivity (Wildman–Crippen MR) is 140 cm³/mol. The van der Waals surface area contributed by atoms with E-state index in [0.717, 1.165) is 36.4 Å². The Kier molecular flexibility index (Phi) is 9.59. The van der Waals surface area contributed by atoms with Crippen LogP contribution < -0.4 is 10.1 Å². The Morgan fingerprint density at radius 1 is 0.636 bits per heavy atom. The summed E-state index contributed by atoms with van der Waals surface area (Å²) in [5, 5.41) is 13.4. The third-order valence-corrected chi connectivity index (χ3v) is 6.62. The quantitative estimate of drug-likeness (QED) is 0.181. The Hall–Kier alpha value is -4.10. The molecular weight excluding hydrogens is 608 g/mol. The van der Waals surface area contributed by atoms with Crippen molar-refractivity contribution in [3.8, 4) is 5.75 Å². The molecule has 0 amide bonds. The van der Waals surface area contributed by atoms with Gasteiger partial charge in [-0.3, -0.25) is 0 Å². The summed E-state index contributed by atoms with van der Waals surface area (Å²) < 4.78 is 139. The second-order valence-electron chi connectivity index (χ2n) is 9.77. The Bertz CT molecular complexity index is 1560. The van der Waals surface area contributed by atoms with E-state index in [2.05, 4.69) is 5.32 Å². The number of nitrogens with one attached hydrogen (secondary N) is 1. The SMILES string of the molecule is OC(CNC(c1cccc(OCc2cccc(C(F)(F)F)c2)c1)c1cc(C(F)(F)F)ccc1F)c1ccc(C(F)(F)F)cc1. The third kappa shape index (κ3) is 8.29. The van der Waals surface area contributed by atoms with E-state index in [4.69, 9.17) is 4.74 Å². The van der Waals surface area contributed by atoms with Gasteiger partial charge in [-0.1, -0.05) is 36.4 Å². The molecule has 0 aliphatic rings. The summed E-state index contributed by atoms with van der Waals surface area (Å²) >= 11 is 0. The minimum atomic E-state index is -4.82. The molecule has 0 aromatic heterocycles. The summed E-state index contributed by atoms with van der Waals surface area (Å²) in [6, 6.07) is 14.1. The lowest BCUT2D eigenvalue weighted by atomic mass is 9.95. The summed E-state index contributed by atoms with van der Waals surface area (Å²) in [6.07, 6.45) is -15.4. The van der Waals surface area contributed by atoms with E-state index in [-0.39, 0.29) is 29.0 Å². The molecule has 2 atom stereocenters. The Balaban J connectivity index is 1.62. The van der Waals surface area contributed by atoms with Gasteiger partial charge in [-0.25, -0.2) is 4.39 Å². The van der Waals surface area contributed by atoms with Crippen molar-refractivity contribution in [3.05, 3.63) is 136 Å². The first kappa shape index (κ1) is 32.8. The molecule has 2 N–H and O–H groups in total. The number of hydrogen-bond acceptors (Lipinski definition) is 3. The van der Waals surface area contributed by atoms with Crippen molar-refractivity contribution in [1.29, 1.82) is 0 Å². The van der Waals surface area contributed by atoms with E-state index in [1.807, 2.05) is 0 Å². The highest BCUT2D eigenvalue weighted by atomic mass is 19.4. The first-order chi connectivity index (χ1) is 20.5. The van der Waals surface area contributed by atoms with E-state index in [9.17, 15) is 44.6 Å². The van der Waals surface area contributed by atoms with Gasteiger partial charge in [0.15, 0.2) is 0 Å². The third-order valence-electron chi connectivity index (χ3n) is 6.62. The zero-order valence-corrected chi connectivity index (χ0v) is 22.4. The fraction of sp³-hybridized carbons (Fsp3) is 0.226. The average molecular weight is 632 g/mol. The molecule has 0 saturated carbocycles. The van der Waals surface area contributed by atoms with Crippen molar-refractivity contribution in [3.63, 3.8) is 0 Å². The summed E-state index contributed by atoms with van der Waals surface area (Å²) in [7, 11) is 0. The van der Waals surface area contributed by atoms with Gasteiger partial charge in [0.2, 0.25) is 0 Å². The van der Waals surface area contributed by atoms with Gasteiger partial charge in [0.1, 0.15) is 18.2 Å². The van der Waals surface area contributed by atoms with E-state index < -0.39 is 65.3 Å². The highest BCUT2D eigenvalue weighted by molar-refractivity contribution is 5.40. The smallest absolute Gasteiger partial charge is 0.416 e. The standard InChI is InChI=1S/C31H23F10NO2/c32-26-12-11-23(31(39,40)41)15-25(26)28(42-16-27(43)19-7-9-21(10-8-19)29(33,34)35)20-4-2-6-24(14-20)44-17-18-3-1-5-22(13-18)30(36,37)38/h1-15,27-28,42-43H,16-17H2. The number of hydrogen-bond donors (Lipinski definition) is 2. The van der Waals surface area contributed by atoms with Crippen molar-refractivity contribution >= 4 is 0 Å². The maximum absolute atomic E-state index is 15.0. The molecule has 0 aliphatic carbocycles. The molecule has 4 rings (SSSR count). The normalized spacial score (nSPS) is 13.9. The topological polar surface area (TPSA) is 41.5 Å². The Labute approximate surface area is 244 Å². The van der Waals surface area contributed by atoms with E-state index >= 15 is 4.39 Å². The van der Waals surface area contributed by atoms with Crippen LogP contribution in [0.3, 0.4) is 0 Å². The predicted octanol–water partition coefficient (Wildman–Crippen LogP) is 8.87. The molecule has 4 aromatic carbocycles.